The Labute approximate surface area is 117 Å². The van der Waals surface area contributed by atoms with E-state index in [0.717, 1.165) is 0 Å². The van der Waals surface area contributed by atoms with E-state index in [-0.39, 0.29) is 27.8 Å². The number of halogens is 2. The SMILES string of the molecule is Cc1ccc(Oc2nc(Cl)nnc2Cl)cc1[N+](=O)[O-]. The van der Waals surface area contributed by atoms with E-state index in [0.29, 0.717) is 5.56 Å². The average molecular weight is 301 g/mol. The van der Waals surface area contributed by atoms with E-state index in [2.05, 4.69) is 15.2 Å². The van der Waals surface area contributed by atoms with Crippen molar-refractivity contribution in [3.8, 4) is 11.6 Å². The topological polar surface area (TPSA) is 91.0 Å². The highest BCUT2D eigenvalue weighted by atomic mass is 35.5. The van der Waals surface area contributed by atoms with Crippen molar-refractivity contribution >= 4 is 28.9 Å². The zero-order valence-corrected chi connectivity index (χ0v) is 11.0. The predicted octanol–water partition coefficient (Wildman–Crippen LogP) is 3.19. The summed E-state index contributed by atoms with van der Waals surface area (Å²) < 4.78 is 5.30. The molecule has 19 heavy (non-hydrogen) atoms. The van der Waals surface area contributed by atoms with Gasteiger partial charge in [-0.1, -0.05) is 11.6 Å². The largest absolute Gasteiger partial charge is 0.436 e. The minimum atomic E-state index is -0.505. The van der Waals surface area contributed by atoms with Crippen LogP contribution in [-0.4, -0.2) is 20.1 Å². The number of nitro groups is 1. The summed E-state index contributed by atoms with van der Waals surface area (Å²) in [5, 5.41) is 17.5. The maximum atomic E-state index is 10.8. The van der Waals surface area contributed by atoms with Gasteiger partial charge in [0.15, 0.2) is 0 Å². The molecule has 0 fully saturated rings. The third-order valence-electron chi connectivity index (χ3n) is 2.18. The molecule has 1 aromatic carbocycles. The van der Waals surface area contributed by atoms with Gasteiger partial charge in [0.1, 0.15) is 5.75 Å². The van der Waals surface area contributed by atoms with E-state index in [1.807, 2.05) is 0 Å². The van der Waals surface area contributed by atoms with Crippen LogP contribution in [-0.2, 0) is 0 Å². The summed E-state index contributed by atoms with van der Waals surface area (Å²) in [7, 11) is 0. The summed E-state index contributed by atoms with van der Waals surface area (Å²) in [6, 6.07) is 4.37. The van der Waals surface area contributed by atoms with Crippen molar-refractivity contribution in [1.82, 2.24) is 15.2 Å². The Hall–Kier alpha value is -1.99. The fourth-order valence-electron chi connectivity index (χ4n) is 1.31. The van der Waals surface area contributed by atoms with Crippen molar-refractivity contribution in [1.29, 1.82) is 0 Å². The lowest BCUT2D eigenvalue weighted by Crippen LogP contribution is -1.96. The zero-order valence-electron chi connectivity index (χ0n) is 9.50. The van der Waals surface area contributed by atoms with Gasteiger partial charge in [-0.3, -0.25) is 10.1 Å². The molecule has 0 N–H and O–H groups in total. The lowest BCUT2D eigenvalue weighted by molar-refractivity contribution is -0.385. The van der Waals surface area contributed by atoms with Gasteiger partial charge < -0.3 is 4.74 Å². The molecule has 1 heterocycles. The molecule has 0 atom stereocenters. The van der Waals surface area contributed by atoms with Crippen molar-refractivity contribution in [2.24, 2.45) is 0 Å². The minimum absolute atomic E-state index is 0.0678. The molecular formula is C10H6Cl2N4O3. The number of nitrogens with zero attached hydrogens (tertiary/aromatic N) is 4. The molecule has 0 unspecified atom stereocenters. The van der Waals surface area contributed by atoms with Gasteiger partial charge in [-0.2, -0.15) is 4.98 Å². The van der Waals surface area contributed by atoms with Gasteiger partial charge in [-0.15, -0.1) is 10.2 Å². The Kier molecular flexibility index (Phi) is 3.77. The average Bonchev–Trinajstić information content (AvgIpc) is 2.36. The molecule has 0 amide bonds. The molecule has 0 bridgehead atoms. The molecule has 0 saturated carbocycles. The molecule has 0 saturated heterocycles. The third-order valence-corrected chi connectivity index (χ3v) is 2.58. The van der Waals surface area contributed by atoms with Crippen LogP contribution in [0.15, 0.2) is 18.2 Å². The van der Waals surface area contributed by atoms with Crippen molar-refractivity contribution < 1.29 is 9.66 Å². The second-order valence-corrected chi connectivity index (χ2v) is 4.18. The summed E-state index contributed by atoms with van der Waals surface area (Å²) in [5.74, 6) is 0.135. The Morgan fingerprint density at radius 3 is 2.74 bits per heavy atom. The van der Waals surface area contributed by atoms with Crippen LogP contribution in [0.3, 0.4) is 0 Å². The molecule has 2 aromatic rings. The molecule has 1 aromatic heterocycles. The van der Waals surface area contributed by atoms with Gasteiger partial charge in [0, 0.05) is 5.56 Å². The predicted molar refractivity (Wildman–Crippen MR) is 67.8 cm³/mol. The number of ether oxygens (including phenoxy) is 1. The number of hydrogen-bond donors (Lipinski definition) is 0. The molecule has 0 spiro atoms. The van der Waals surface area contributed by atoms with Crippen molar-refractivity contribution in [2.75, 3.05) is 0 Å². The second kappa shape index (κ2) is 5.33. The first-order valence-electron chi connectivity index (χ1n) is 4.96. The van der Waals surface area contributed by atoms with Gasteiger partial charge >= 0.3 is 0 Å². The molecule has 98 valence electrons. The van der Waals surface area contributed by atoms with Crippen LogP contribution in [0.4, 0.5) is 5.69 Å². The molecule has 0 aliphatic rings. The van der Waals surface area contributed by atoms with Gasteiger partial charge in [0.05, 0.1) is 11.0 Å². The lowest BCUT2D eigenvalue weighted by Gasteiger charge is -2.06. The molecule has 0 aliphatic heterocycles. The molecular weight excluding hydrogens is 295 g/mol. The number of rotatable bonds is 3. The first-order chi connectivity index (χ1) is 8.97. The second-order valence-electron chi connectivity index (χ2n) is 3.48. The van der Waals surface area contributed by atoms with Crippen LogP contribution in [0.5, 0.6) is 11.6 Å². The number of aryl methyl sites for hydroxylation is 1. The highest BCUT2D eigenvalue weighted by molar-refractivity contribution is 6.31. The highest BCUT2D eigenvalue weighted by Crippen LogP contribution is 2.29. The van der Waals surface area contributed by atoms with Crippen molar-refractivity contribution in [3.63, 3.8) is 0 Å². The van der Waals surface area contributed by atoms with Gasteiger partial charge in [-0.25, -0.2) is 0 Å². The first kappa shape index (κ1) is 13.4. The highest BCUT2D eigenvalue weighted by Gasteiger charge is 2.14. The van der Waals surface area contributed by atoms with E-state index in [4.69, 9.17) is 27.9 Å². The van der Waals surface area contributed by atoms with Gasteiger partial charge in [0.25, 0.3) is 11.6 Å². The van der Waals surface area contributed by atoms with Crippen molar-refractivity contribution in [2.45, 2.75) is 6.92 Å². The van der Waals surface area contributed by atoms with Crippen molar-refractivity contribution in [3.05, 3.63) is 44.3 Å². The Morgan fingerprint density at radius 2 is 2.05 bits per heavy atom. The summed E-state index contributed by atoms with van der Waals surface area (Å²) in [4.78, 5) is 14.0. The Bertz CT molecular complexity index is 651. The van der Waals surface area contributed by atoms with Gasteiger partial charge in [-0.05, 0) is 30.7 Å². The number of aromatic nitrogens is 3. The minimum Gasteiger partial charge on any atom is -0.436 e. The molecule has 9 heteroatoms. The maximum absolute atomic E-state index is 10.8. The standard InChI is InChI=1S/C10H6Cl2N4O3/c1-5-2-3-6(4-7(5)16(17)18)19-9-8(11)14-15-10(12)13-9/h2-4H,1H3. The fraction of sp³-hybridized carbons (Fsp3) is 0.100. The summed E-state index contributed by atoms with van der Waals surface area (Å²) >= 11 is 11.3. The van der Waals surface area contributed by atoms with E-state index in [1.54, 1.807) is 19.1 Å². The fourth-order valence-corrected chi connectivity index (χ4v) is 1.54. The van der Waals surface area contributed by atoms with Crippen LogP contribution in [0.25, 0.3) is 0 Å². The van der Waals surface area contributed by atoms with Crippen LogP contribution in [0.2, 0.25) is 10.4 Å². The number of nitro benzene ring substituents is 1. The summed E-state index contributed by atoms with van der Waals surface area (Å²) in [6.07, 6.45) is 0. The number of benzene rings is 1. The van der Waals surface area contributed by atoms with E-state index < -0.39 is 4.92 Å². The zero-order chi connectivity index (χ0) is 14.0. The molecule has 0 aliphatic carbocycles. The lowest BCUT2D eigenvalue weighted by atomic mass is 10.2. The summed E-state index contributed by atoms with van der Waals surface area (Å²) in [5.41, 5.74) is 0.448. The number of hydrogen-bond acceptors (Lipinski definition) is 6. The van der Waals surface area contributed by atoms with Crippen LogP contribution in [0.1, 0.15) is 5.56 Å². The maximum Gasteiger partial charge on any atom is 0.276 e. The van der Waals surface area contributed by atoms with E-state index in [1.165, 1.54) is 6.07 Å². The smallest absolute Gasteiger partial charge is 0.276 e. The summed E-state index contributed by atoms with van der Waals surface area (Å²) in [6.45, 7) is 1.62. The van der Waals surface area contributed by atoms with E-state index >= 15 is 0 Å². The molecule has 0 radical (unpaired) electrons. The van der Waals surface area contributed by atoms with E-state index in [9.17, 15) is 10.1 Å². The first-order valence-corrected chi connectivity index (χ1v) is 5.71. The Balaban J connectivity index is 2.36. The monoisotopic (exact) mass is 300 g/mol. The van der Waals surface area contributed by atoms with Gasteiger partial charge in [0.2, 0.25) is 10.4 Å². The Morgan fingerprint density at radius 1 is 1.32 bits per heavy atom. The quantitative estimate of drug-likeness (QED) is 0.638. The normalized spacial score (nSPS) is 10.3. The molecule has 7 nitrogen and oxygen atoms in total. The van der Waals surface area contributed by atoms with Crippen LogP contribution in [0, 0.1) is 17.0 Å². The van der Waals surface area contributed by atoms with Crippen LogP contribution >= 0.6 is 23.2 Å². The molecule has 2 rings (SSSR count). The van der Waals surface area contributed by atoms with Crippen LogP contribution < -0.4 is 4.74 Å². The third kappa shape index (κ3) is 3.07.